The molecule has 15 heavy (non-hydrogen) atoms. The van der Waals surface area contributed by atoms with Gasteiger partial charge in [-0.1, -0.05) is 18.2 Å². The molecule has 0 radical (unpaired) electrons. The van der Waals surface area contributed by atoms with Gasteiger partial charge < -0.3 is 0 Å². The van der Waals surface area contributed by atoms with E-state index in [1.54, 1.807) is 0 Å². The molecule has 1 aliphatic heterocycles. The summed E-state index contributed by atoms with van der Waals surface area (Å²) in [5.74, 6) is 0. The van der Waals surface area contributed by atoms with Crippen LogP contribution in [0.5, 0.6) is 0 Å². The van der Waals surface area contributed by atoms with Gasteiger partial charge in [0.15, 0.2) is 0 Å². The van der Waals surface area contributed by atoms with Crippen LogP contribution in [0.1, 0.15) is 25.0 Å². The van der Waals surface area contributed by atoms with Gasteiger partial charge in [0.1, 0.15) is 5.54 Å². The molecule has 0 aliphatic carbocycles. The minimum atomic E-state index is -0.252. The molecule has 1 atom stereocenters. The summed E-state index contributed by atoms with van der Waals surface area (Å²) in [6.45, 7) is 4.06. The third kappa shape index (κ3) is 1.69. The maximum Gasteiger partial charge on any atom is 0.102 e. The van der Waals surface area contributed by atoms with Crippen LogP contribution < -0.4 is 0 Å². The maximum absolute atomic E-state index is 8.71. The quantitative estimate of drug-likeness (QED) is 0.680. The smallest absolute Gasteiger partial charge is 0.102 e. The molecule has 1 aliphatic rings. The average Bonchev–Trinajstić information content (AvgIpc) is 2.60. The molecular weight excluding hydrogens is 184 g/mol. The van der Waals surface area contributed by atoms with Crippen LogP contribution in [-0.4, -0.2) is 5.71 Å². The van der Waals surface area contributed by atoms with Crippen molar-refractivity contribution in [3.05, 3.63) is 47.5 Å². The number of rotatable bonds is 1. The lowest BCUT2D eigenvalue weighted by molar-refractivity contribution is 0.645. The van der Waals surface area contributed by atoms with Crippen LogP contribution in [0.2, 0.25) is 0 Å². The highest BCUT2D eigenvalue weighted by Crippen LogP contribution is 2.30. The van der Waals surface area contributed by atoms with Gasteiger partial charge in [0.2, 0.25) is 0 Å². The van der Waals surface area contributed by atoms with Gasteiger partial charge in [-0.3, -0.25) is 4.99 Å². The van der Waals surface area contributed by atoms with Crippen molar-refractivity contribution in [3.63, 3.8) is 0 Å². The van der Waals surface area contributed by atoms with Crippen LogP contribution in [0.3, 0.4) is 0 Å². The molecule has 1 heterocycles. The molecule has 0 amide bonds. The first-order valence-electron chi connectivity index (χ1n) is 4.90. The van der Waals surface area contributed by atoms with E-state index in [9.17, 15) is 0 Å². The van der Waals surface area contributed by atoms with Crippen LogP contribution in [0.25, 0.3) is 0 Å². The number of aliphatic imine (C=N–C) groups is 1. The van der Waals surface area contributed by atoms with E-state index in [-0.39, 0.29) is 5.54 Å². The summed E-state index contributed by atoms with van der Waals surface area (Å²) in [4.78, 5) is 4.57. The Kier molecular flexibility index (Phi) is 2.17. The number of nitriles is 1. The summed E-state index contributed by atoms with van der Waals surface area (Å²) in [7, 11) is 0. The Morgan fingerprint density at radius 2 is 1.93 bits per heavy atom. The van der Waals surface area contributed by atoms with E-state index in [4.69, 9.17) is 5.26 Å². The van der Waals surface area contributed by atoms with Crippen molar-refractivity contribution in [2.45, 2.75) is 19.4 Å². The van der Waals surface area contributed by atoms with E-state index in [0.29, 0.717) is 5.56 Å². The van der Waals surface area contributed by atoms with Crippen LogP contribution in [0.4, 0.5) is 0 Å². The number of benzene rings is 1. The molecule has 1 aromatic carbocycles. The highest BCUT2D eigenvalue weighted by molar-refractivity contribution is 5.95. The Morgan fingerprint density at radius 1 is 1.27 bits per heavy atom. The van der Waals surface area contributed by atoms with Gasteiger partial charge in [-0.15, -0.1) is 0 Å². The second-order valence-electron chi connectivity index (χ2n) is 3.92. The molecule has 0 saturated heterocycles. The molecule has 0 aromatic heterocycles. The minimum absolute atomic E-state index is 0.252. The Balaban J connectivity index is 2.40. The van der Waals surface area contributed by atoms with Crippen molar-refractivity contribution in [3.8, 4) is 6.07 Å². The van der Waals surface area contributed by atoms with E-state index < -0.39 is 0 Å². The summed E-state index contributed by atoms with van der Waals surface area (Å²) in [6.07, 6.45) is 4.11. The van der Waals surface area contributed by atoms with Crippen LogP contribution in [-0.2, 0) is 5.54 Å². The normalized spacial score (nSPS) is 23.7. The standard InChI is InChI=1S/C13H12N2/c1-10-7-8-13(2,15-10)12-5-3-11(9-14)4-6-12/h3-8H,1-2H3. The lowest BCUT2D eigenvalue weighted by Crippen LogP contribution is -2.13. The summed E-state index contributed by atoms with van der Waals surface area (Å²) in [6, 6.07) is 9.70. The summed E-state index contributed by atoms with van der Waals surface area (Å²) in [5.41, 5.74) is 2.60. The molecule has 1 unspecified atom stereocenters. The van der Waals surface area contributed by atoms with Crippen molar-refractivity contribution < 1.29 is 0 Å². The fourth-order valence-corrected chi connectivity index (χ4v) is 1.77. The van der Waals surface area contributed by atoms with Crippen LogP contribution in [0, 0.1) is 11.3 Å². The molecule has 74 valence electrons. The Morgan fingerprint density at radius 3 is 2.40 bits per heavy atom. The average molecular weight is 196 g/mol. The second-order valence-corrected chi connectivity index (χ2v) is 3.92. The van der Waals surface area contributed by atoms with Gasteiger partial charge in [0, 0.05) is 5.71 Å². The molecular formula is C13H12N2. The van der Waals surface area contributed by atoms with E-state index in [2.05, 4.69) is 24.1 Å². The van der Waals surface area contributed by atoms with Crippen molar-refractivity contribution in [2.75, 3.05) is 0 Å². The van der Waals surface area contributed by atoms with Crippen LogP contribution in [0.15, 0.2) is 41.4 Å². The van der Waals surface area contributed by atoms with Gasteiger partial charge >= 0.3 is 0 Å². The number of hydrogen-bond donors (Lipinski definition) is 0. The Labute approximate surface area is 89.6 Å². The molecule has 1 aromatic rings. The Hall–Kier alpha value is -1.88. The van der Waals surface area contributed by atoms with Gasteiger partial charge in [-0.2, -0.15) is 5.26 Å². The molecule has 0 saturated carbocycles. The van der Waals surface area contributed by atoms with Gasteiger partial charge in [-0.25, -0.2) is 0 Å². The SMILES string of the molecule is CC1=NC(C)(c2ccc(C#N)cc2)C=C1. The van der Waals surface area contributed by atoms with Gasteiger partial charge in [0.05, 0.1) is 11.6 Å². The molecule has 2 rings (SSSR count). The highest BCUT2D eigenvalue weighted by atomic mass is 14.9. The first kappa shape index (κ1) is 9.67. The summed E-state index contributed by atoms with van der Waals surface area (Å²) >= 11 is 0. The second kappa shape index (κ2) is 3.36. The third-order valence-corrected chi connectivity index (χ3v) is 2.66. The van der Waals surface area contributed by atoms with Crippen molar-refractivity contribution in [1.29, 1.82) is 5.26 Å². The largest absolute Gasteiger partial charge is 0.275 e. The maximum atomic E-state index is 8.71. The zero-order valence-electron chi connectivity index (χ0n) is 8.86. The lowest BCUT2D eigenvalue weighted by Gasteiger charge is -2.18. The van der Waals surface area contributed by atoms with Crippen molar-refractivity contribution in [2.24, 2.45) is 4.99 Å². The minimum Gasteiger partial charge on any atom is -0.275 e. The third-order valence-electron chi connectivity index (χ3n) is 2.66. The van der Waals surface area contributed by atoms with Crippen molar-refractivity contribution in [1.82, 2.24) is 0 Å². The van der Waals surface area contributed by atoms with E-state index in [1.165, 1.54) is 0 Å². The first-order valence-corrected chi connectivity index (χ1v) is 4.90. The molecule has 0 N–H and O–H groups in total. The molecule has 0 spiro atoms. The predicted octanol–water partition coefficient (Wildman–Crippen LogP) is 2.80. The molecule has 0 bridgehead atoms. The first-order chi connectivity index (χ1) is 7.14. The fraction of sp³-hybridized carbons (Fsp3) is 0.231. The van der Waals surface area contributed by atoms with Gasteiger partial charge in [0.25, 0.3) is 0 Å². The number of allylic oxidation sites excluding steroid dienone is 1. The van der Waals surface area contributed by atoms with E-state index in [0.717, 1.165) is 11.3 Å². The lowest BCUT2D eigenvalue weighted by atomic mass is 9.93. The molecule has 2 nitrogen and oxygen atoms in total. The highest BCUT2D eigenvalue weighted by Gasteiger charge is 2.25. The van der Waals surface area contributed by atoms with E-state index in [1.807, 2.05) is 37.3 Å². The topological polar surface area (TPSA) is 36.1 Å². The summed E-state index contributed by atoms with van der Waals surface area (Å²) < 4.78 is 0. The zero-order chi connectivity index (χ0) is 10.9. The number of nitrogens with zero attached hydrogens (tertiary/aromatic N) is 2. The molecule has 0 fully saturated rings. The molecule has 2 heteroatoms. The Bertz CT molecular complexity index is 474. The van der Waals surface area contributed by atoms with E-state index >= 15 is 0 Å². The fourth-order valence-electron chi connectivity index (χ4n) is 1.77. The number of hydrogen-bond acceptors (Lipinski definition) is 2. The van der Waals surface area contributed by atoms with Crippen LogP contribution >= 0.6 is 0 Å². The predicted molar refractivity (Wildman–Crippen MR) is 60.8 cm³/mol. The summed E-state index contributed by atoms with van der Waals surface area (Å²) in [5, 5.41) is 8.71. The van der Waals surface area contributed by atoms with Crippen molar-refractivity contribution >= 4 is 5.71 Å². The zero-order valence-corrected chi connectivity index (χ0v) is 8.86. The van der Waals surface area contributed by atoms with Gasteiger partial charge in [-0.05, 0) is 37.6 Å². The monoisotopic (exact) mass is 196 g/mol.